The molecule has 0 spiro atoms. The molecule has 14 heavy (non-hydrogen) atoms. The van der Waals surface area contributed by atoms with Crippen molar-refractivity contribution in [1.29, 1.82) is 0 Å². The fourth-order valence-corrected chi connectivity index (χ4v) is 1.32. The lowest BCUT2D eigenvalue weighted by Crippen LogP contribution is -2.59. The number of hydrogen-bond donors (Lipinski definition) is 4. The van der Waals surface area contributed by atoms with Crippen LogP contribution in [0.1, 0.15) is 0 Å². The Balaban J connectivity index is 2.63. The molecule has 0 aliphatic carbocycles. The summed E-state index contributed by atoms with van der Waals surface area (Å²) >= 11 is 0. The summed E-state index contributed by atoms with van der Waals surface area (Å²) < 4.78 is 9.88. The number of hydrogen-bond acceptors (Lipinski definition) is 6. The molecule has 1 fully saturated rings. The highest BCUT2D eigenvalue weighted by Crippen LogP contribution is 2.21. The Morgan fingerprint density at radius 1 is 1.14 bits per heavy atom. The number of aliphatic hydroxyl groups is 4. The first-order valence-corrected chi connectivity index (χ1v) is 4.33. The third-order valence-electron chi connectivity index (χ3n) is 2.13. The van der Waals surface area contributed by atoms with Gasteiger partial charge in [-0.3, -0.25) is 0 Å². The molecule has 6 heteroatoms. The highest BCUT2D eigenvalue weighted by molar-refractivity contribution is 4.88. The first-order valence-electron chi connectivity index (χ1n) is 4.33. The monoisotopic (exact) mass is 207 g/mol. The van der Waals surface area contributed by atoms with Crippen molar-refractivity contribution in [3.05, 3.63) is 6.92 Å². The molecular weight excluding hydrogens is 192 g/mol. The second kappa shape index (κ2) is 5.01. The van der Waals surface area contributed by atoms with Crippen LogP contribution < -0.4 is 0 Å². The van der Waals surface area contributed by atoms with Crippen molar-refractivity contribution < 1.29 is 29.9 Å². The predicted molar refractivity (Wildman–Crippen MR) is 45.1 cm³/mol. The fourth-order valence-electron chi connectivity index (χ4n) is 1.32. The molecule has 4 N–H and O–H groups in total. The van der Waals surface area contributed by atoms with Crippen molar-refractivity contribution in [2.75, 3.05) is 13.2 Å². The van der Waals surface area contributed by atoms with Crippen LogP contribution in [0.3, 0.4) is 0 Å². The summed E-state index contributed by atoms with van der Waals surface area (Å²) in [6, 6.07) is 0. The topological polar surface area (TPSA) is 99.4 Å². The lowest BCUT2D eigenvalue weighted by molar-refractivity contribution is -0.298. The second-order valence-electron chi connectivity index (χ2n) is 3.07. The van der Waals surface area contributed by atoms with Gasteiger partial charge in [-0.05, 0) is 6.92 Å². The molecule has 83 valence electrons. The maximum Gasteiger partial charge on any atom is 0.186 e. The van der Waals surface area contributed by atoms with Gasteiger partial charge in [0.25, 0.3) is 0 Å². The van der Waals surface area contributed by atoms with Crippen molar-refractivity contribution >= 4 is 0 Å². The summed E-state index contributed by atoms with van der Waals surface area (Å²) in [5.74, 6) is 0. The highest BCUT2D eigenvalue weighted by Gasteiger charge is 2.43. The molecule has 1 aliphatic heterocycles. The smallest absolute Gasteiger partial charge is 0.186 e. The number of rotatable bonds is 3. The standard InChI is InChI=1S/C8H15O6/c1-2-13-8-7(12)6(11)5(10)4(3-9)14-8/h4-12H,1-3H2/t4-,5-,6+,7-,8-/m1/s1. The normalized spacial score (nSPS) is 43.9. The van der Waals surface area contributed by atoms with Crippen LogP contribution in [0.2, 0.25) is 0 Å². The van der Waals surface area contributed by atoms with Crippen LogP contribution in [0, 0.1) is 6.92 Å². The number of aliphatic hydroxyl groups excluding tert-OH is 4. The summed E-state index contributed by atoms with van der Waals surface area (Å²) in [4.78, 5) is 0. The third kappa shape index (κ3) is 2.22. The minimum Gasteiger partial charge on any atom is -0.394 e. The first-order chi connectivity index (χ1) is 6.61. The van der Waals surface area contributed by atoms with E-state index in [0.717, 1.165) is 0 Å². The fraction of sp³-hybridized carbons (Fsp3) is 0.875. The second-order valence-corrected chi connectivity index (χ2v) is 3.07. The van der Waals surface area contributed by atoms with Gasteiger partial charge in [-0.15, -0.1) is 0 Å². The van der Waals surface area contributed by atoms with Crippen LogP contribution in [0.4, 0.5) is 0 Å². The molecule has 0 aromatic rings. The molecule has 1 radical (unpaired) electrons. The van der Waals surface area contributed by atoms with Gasteiger partial charge < -0.3 is 29.9 Å². The van der Waals surface area contributed by atoms with Gasteiger partial charge in [0.15, 0.2) is 6.29 Å². The van der Waals surface area contributed by atoms with Gasteiger partial charge in [-0.25, -0.2) is 0 Å². The Morgan fingerprint density at radius 3 is 2.29 bits per heavy atom. The third-order valence-corrected chi connectivity index (χ3v) is 2.13. The summed E-state index contributed by atoms with van der Waals surface area (Å²) in [6.07, 6.45) is -6.07. The van der Waals surface area contributed by atoms with Gasteiger partial charge in [0.05, 0.1) is 6.61 Å². The van der Waals surface area contributed by atoms with Crippen molar-refractivity contribution in [2.45, 2.75) is 30.7 Å². The molecule has 6 nitrogen and oxygen atoms in total. The van der Waals surface area contributed by atoms with Gasteiger partial charge in [-0.2, -0.15) is 0 Å². The summed E-state index contributed by atoms with van der Waals surface area (Å²) in [6.45, 7) is 2.99. The maximum absolute atomic E-state index is 9.38. The quantitative estimate of drug-likeness (QED) is 0.413. The molecular formula is C8H15O6. The van der Waals surface area contributed by atoms with Gasteiger partial charge in [0.1, 0.15) is 24.4 Å². The van der Waals surface area contributed by atoms with E-state index in [1.165, 1.54) is 0 Å². The molecule has 0 amide bonds. The summed E-state index contributed by atoms with van der Waals surface area (Å²) in [7, 11) is 0. The van der Waals surface area contributed by atoms with E-state index in [-0.39, 0.29) is 6.61 Å². The zero-order valence-corrected chi connectivity index (χ0v) is 7.61. The van der Waals surface area contributed by atoms with Crippen molar-refractivity contribution in [3.8, 4) is 0 Å². The Morgan fingerprint density at radius 2 is 1.79 bits per heavy atom. The highest BCUT2D eigenvalue weighted by atomic mass is 16.7. The molecule has 1 aliphatic rings. The van der Waals surface area contributed by atoms with Crippen LogP contribution in [-0.2, 0) is 9.47 Å². The zero-order chi connectivity index (χ0) is 10.7. The zero-order valence-electron chi connectivity index (χ0n) is 7.61. The molecule has 1 heterocycles. The van der Waals surface area contributed by atoms with Crippen LogP contribution in [0.15, 0.2) is 0 Å². The van der Waals surface area contributed by atoms with Gasteiger partial charge in [-0.1, -0.05) is 0 Å². The first kappa shape index (κ1) is 11.8. The average Bonchev–Trinajstić information content (AvgIpc) is 2.19. The van der Waals surface area contributed by atoms with E-state index >= 15 is 0 Å². The molecule has 0 aromatic heterocycles. The van der Waals surface area contributed by atoms with Gasteiger partial charge in [0, 0.05) is 6.61 Å². The average molecular weight is 207 g/mol. The molecule has 0 aromatic carbocycles. The maximum atomic E-state index is 9.38. The van der Waals surface area contributed by atoms with E-state index in [0.29, 0.717) is 0 Å². The molecule has 0 bridgehead atoms. The predicted octanol–water partition coefficient (Wildman–Crippen LogP) is -2.36. The van der Waals surface area contributed by atoms with Gasteiger partial charge in [0.2, 0.25) is 0 Å². The van der Waals surface area contributed by atoms with Crippen molar-refractivity contribution in [1.82, 2.24) is 0 Å². The van der Waals surface area contributed by atoms with E-state index in [2.05, 4.69) is 6.92 Å². The largest absolute Gasteiger partial charge is 0.394 e. The van der Waals surface area contributed by atoms with E-state index in [1.807, 2.05) is 0 Å². The lowest BCUT2D eigenvalue weighted by Gasteiger charge is -2.39. The summed E-state index contributed by atoms with van der Waals surface area (Å²) in [5.41, 5.74) is 0. The summed E-state index contributed by atoms with van der Waals surface area (Å²) in [5, 5.41) is 36.9. The Hall–Kier alpha value is -0.240. The van der Waals surface area contributed by atoms with Crippen LogP contribution in [-0.4, -0.2) is 64.3 Å². The van der Waals surface area contributed by atoms with Crippen LogP contribution in [0.5, 0.6) is 0 Å². The molecule has 0 saturated carbocycles. The Kier molecular flexibility index (Phi) is 4.24. The SMILES string of the molecule is [CH2]CO[C@@H]1O[C@H](CO)[C@@H](O)[C@H](O)[C@H]1O. The van der Waals surface area contributed by atoms with E-state index in [4.69, 9.17) is 14.6 Å². The van der Waals surface area contributed by atoms with Crippen molar-refractivity contribution in [3.63, 3.8) is 0 Å². The minimum atomic E-state index is -1.39. The number of ether oxygens (including phenoxy) is 2. The van der Waals surface area contributed by atoms with Crippen LogP contribution >= 0.6 is 0 Å². The molecule has 0 unspecified atom stereocenters. The minimum absolute atomic E-state index is 0.0582. The molecule has 1 saturated heterocycles. The van der Waals surface area contributed by atoms with E-state index in [1.54, 1.807) is 0 Å². The van der Waals surface area contributed by atoms with Crippen LogP contribution in [0.25, 0.3) is 0 Å². The Bertz CT molecular complexity index is 171. The lowest BCUT2D eigenvalue weighted by atomic mass is 9.99. The molecule has 5 atom stereocenters. The van der Waals surface area contributed by atoms with Crippen molar-refractivity contribution in [2.24, 2.45) is 0 Å². The Labute approximate surface area is 81.7 Å². The van der Waals surface area contributed by atoms with Gasteiger partial charge >= 0.3 is 0 Å². The van der Waals surface area contributed by atoms with E-state index < -0.39 is 37.3 Å². The van der Waals surface area contributed by atoms with E-state index in [9.17, 15) is 15.3 Å². The molecule has 1 rings (SSSR count).